The summed E-state index contributed by atoms with van der Waals surface area (Å²) in [6.45, 7) is 2.30. The Morgan fingerprint density at radius 1 is 0.812 bits per heavy atom. The van der Waals surface area contributed by atoms with Gasteiger partial charge in [0.15, 0.2) is 0 Å². The molecule has 0 aliphatic carbocycles. The molecule has 0 radical (unpaired) electrons. The number of benzene rings is 2. The molecule has 0 atom stereocenters. The highest BCUT2D eigenvalue weighted by molar-refractivity contribution is 5.63. The summed E-state index contributed by atoms with van der Waals surface area (Å²) in [6, 6.07) is 16.9. The van der Waals surface area contributed by atoms with Crippen LogP contribution in [0.25, 0.3) is 11.1 Å². The van der Waals surface area contributed by atoms with Crippen molar-refractivity contribution in [2.24, 2.45) is 0 Å². The third kappa shape index (κ3) is 2.50. The molecular weight excluding hydrogens is 196 g/mol. The van der Waals surface area contributed by atoms with Crippen LogP contribution in [-0.4, -0.2) is 11.7 Å². The van der Waals surface area contributed by atoms with Crippen LogP contribution in [0.4, 0.5) is 0 Å². The van der Waals surface area contributed by atoms with E-state index in [0.29, 0.717) is 0 Å². The van der Waals surface area contributed by atoms with Gasteiger partial charge in [0.2, 0.25) is 0 Å². The van der Waals surface area contributed by atoms with E-state index in [1.807, 2.05) is 0 Å². The van der Waals surface area contributed by atoms with E-state index in [0.717, 1.165) is 6.42 Å². The Labute approximate surface area is 96.4 Å². The average Bonchev–Trinajstić information content (AvgIpc) is 2.32. The molecule has 0 saturated heterocycles. The van der Waals surface area contributed by atoms with Crippen molar-refractivity contribution in [2.45, 2.75) is 13.3 Å². The quantitative estimate of drug-likeness (QED) is 0.828. The number of aryl methyl sites for hydroxylation is 1. The van der Waals surface area contributed by atoms with Gasteiger partial charge in [-0.2, -0.15) is 0 Å². The van der Waals surface area contributed by atoms with Crippen molar-refractivity contribution in [3.63, 3.8) is 0 Å². The minimum Gasteiger partial charge on any atom is -0.396 e. The highest BCUT2D eigenvalue weighted by Crippen LogP contribution is 2.20. The van der Waals surface area contributed by atoms with Crippen molar-refractivity contribution in [3.8, 4) is 11.1 Å². The molecule has 2 rings (SSSR count). The third-order valence-electron chi connectivity index (χ3n) is 2.74. The average molecular weight is 212 g/mol. The standard InChI is InChI=1S/C15H16O/c1-12-2-6-14(7-3-12)15-8-4-13(5-9-15)10-11-16/h2-9,16H,10-11H2,1H3. The summed E-state index contributed by atoms with van der Waals surface area (Å²) in [5, 5.41) is 8.84. The van der Waals surface area contributed by atoms with Crippen molar-refractivity contribution in [2.75, 3.05) is 6.61 Å². The molecule has 0 saturated carbocycles. The summed E-state index contributed by atoms with van der Waals surface area (Å²) < 4.78 is 0. The van der Waals surface area contributed by atoms with Gasteiger partial charge in [-0.25, -0.2) is 0 Å². The number of aliphatic hydroxyl groups excluding tert-OH is 1. The Morgan fingerprint density at radius 3 is 1.81 bits per heavy atom. The molecule has 0 aliphatic heterocycles. The lowest BCUT2D eigenvalue weighted by molar-refractivity contribution is 0.299. The lowest BCUT2D eigenvalue weighted by atomic mass is 10.0. The van der Waals surface area contributed by atoms with Gasteiger partial charge >= 0.3 is 0 Å². The van der Waals surface area contributed by atoms with E-state index in [9.17, 15) is 0 Å². The largest absolute Gasteiger partial charge is 0.396 e. The van der Waals surface area contributed by atoms with Gasteiger partial charge in [-0.3, -0.25) is 0 Å². The zero-order valence-electron chi connectivity index (χ0n) is 9.48. The lowest BCUT2D eigenvalue weighted by Crippen LogP contribution is -1.89. The molecule has 0 spiro atoms. The normalized spacial score (nSPS) is 10.4. The molecule has 1 N–H and O–H groups in total. The van der Waals surface area contributed by atoms with Crippen LogP contribution >= 0.6 is 0 Å². The van der Waals surface area contributed by atoms with Crippen LogP contribution in [-0.2, 0) is 6.42 Å². The molecule has 0 bridgehead atoms. The predicted molar refractivity (Wildman–Crippen MR) is 67.4 cm³/mol. The van der Waals surface area contributed by atoms with Crippen molar-refractivity contribution in [1.29, 1.82) is 0 Å². The van der Waals surface area contributed by atoms with Crippen molar-refractivity contribution >= 4 is 0 Å². The van der Waals surface area contributed by atoms with E-state index in [4.69, 9.17) is 5.11 Å². The summed E-state index contributed by atoms with van der Waals surface area (Å²) in [7, 11) is 0. The van der Waals surface area contributed by atoms with E-state index in [1.165, 1.54) is 22.3 Å². The van der Waals surface area contributed by atoms with Gasteiger partial charge in [0, 0.05) is 6.61 Å². The van der Waals surface area contributed by atoms with E-state index in [2.05, 4.69) is 55.5 Å². The van der Waals surface area contributed by atoms with Gasteiger partial charge in [-0.05, 0) is 30.0 Å². The fourth-order valence-corrected chi connectivity index (χ4v) is 1.74. The minimum atomic E-state index is 0.212. The van der Waals surface area contributed by atoms with E-state index >= 15 is 0 Å². The Bertz CT molecular complexity index is 440. The molecule has 0 fully saturated rings. The molecule has 0 aromatic heterocycles. The molecule has 0 heterocycles. The summed E-state index contributed by atoms with van der Waals surface area (Å²) in [5.41, 5.74) is 4.92. The van der Waals surface area contributed by atoms with Gasteiger partial charge in [0.25, 0.3) is 0 Å². The molecule has 0 amide bonds. The maximum Gasteiger partial charge on any atom is 0.0471 e. The third-order valence-corrected chi connectivity index (χ3v) is 2.74. The highest BCUT2D eigenvalue weighted by Gasteiger charge is 1.97. The monoisotopic (exact) mass is 212 g/mol. The van der Waals surface area contributed by atoms with Crippen LogP contribution in [0.2, 0.25) is 0 Å². The number of aliphatic hydroxyl groups is 1. The Kier molecular flexibility index (Phi) is 3.37. The maximum atomic E-state index is 8.84. The van der Waals surface area contributed by atoms with Crippen LogP contribution in [0.1, 0.15) is 11.1 Å². The van der Waals surface area contributed by atoms with Gasteiger partial charge in [-0.1, -0.05) is 54.1 Å². The van der Waals surface area contributed by atoms with Crippen LogP contribution in [0, 0.1) is 6.92 Å². The summed E-state index contributed by atoms with van der Waals surface area (Å²) in [4.78, 5) is 0. The molecule has 1 heteroatoms. The van der Waals surface area contributed by atoms with Crippen LogP contribution in [0.3, 0.4) is 0 Å². The van der Waals surface area contributed by atoms with Crippen molar-refractivity contribution in [1.82, 2.24) is 0 Å². The molecule has 2 aromatic carbocycles. The van der Waals surface area contributed by atoms with Crippen LogP contribution in [0.15, 0.2) is 48.5 Å². The fourth-order valence-electron chi connectivity index (χ4n) is 1.74. The fraction of sp³-hybridized carbons (Fsp3) is 0.200. The van der Waals surface area contributed by atoms with Gasteiger partial charge in [0.05, 0.1) is 0 Å². The molecule has 0 aliphatic rings. The van der Waals surface area contributed by atoms with E-state index in [1.54, 1.807) is 0 Å². The first-order valence-electron chi connectivity index (χ1n) is 5.56. The van der Waals surface area contributed by atoms with E-state index in [-0.39, 0.29) is 6.61 Å². The first-order chi connectivity index (χ1) is 7.79. The summed E-state index contributed by atoms with van der Waals surface area (Å²) >= 11 is 0. The second-order valence-electron chi connectivity index (χ2n) is 4.04. The van der Waals surface area contributed by atoms with Crippen LogP contribution < -0.4 is 0 Å². The summed E-state index contributed by atoms with van der Waals surface area (Å²) in [5.74, 6) is 0. The zero-order valence-corrected chi connectivity index (χ0v) is 9.48. The smallest absolute Gasteiger partial charge is 0.0471 e. The molecular formula is C15H16O. The number of hydrogen-bond donors (Lipinski definition) is 1. The van der Waals surface area contributed by atoms with E-state index < -0.39 is 0 Å². The molecule has 82 valence electrons. The van der Waals surface area contributed by atoms with Crippen LogP contribution in [0.5, 0.6) is 0 Å². The minimum absolute atomic E-state index is 0.212. The predicted octanol–water partition coefficient (Wildman–Crippen LogP) is 3.20. The molecule has 16 heavy (non-hydrogen) atoms. The summed E-state index contributed by atoms with van der Waals surface area (Å²) in [6.07, 6.45) is 0.730. The molecule has 0 unspecified atom stereocenters. The Hall–Kier alpha value is -1.60. The Morgan fingerprint density at radius 2 is 1.31 bits per heavy atom. The number of hydrogen-bond acceptors (Lipinski definition) is 1. The number of rotatable bonds is 3. The maximum absolute atomic E-state index is 8.84. The first kappa shape index (κ1) is 10.9. The molecule has 2 aromatic rings. The second kappa shape index (κ2) is 4.95. The first-order valence-corrected chi connectivity index (χ1v) is 5.56. The van der Waals surface area contributed by atoms with Gasteiger partial charge in [-0.15, -0.1) is 0 Å². The lowest BCUT2D eigenvalue weighted by Gasteiger charge is -2.04. The zero-order chi connectivity index (χ0) is 11.4. The van der Waals surface area contributed by atoms with Gasteiger partial charge < -0.3 is 5.11 Å². The van der Waals surface area contributed by atoms with Gasteiger partial charge in [0.1, 0.15) is 0 Å². The highest BCUT2D eigenvalue weighted by atomic mass is 16.2. The van der Waals surface area contributed by atoms with Crippen molar-refractivity contribution in [3.05, 3.63) is 59.7 Å². The Balaban J connectivity index is 2.24. The topological polar surface area (TPSA) is 20.2 Å². The SMILES string of the molecule is Cc1ccc(-c2ccc(CCO)cc2)cc1. The molecule has 1 nitrogen and oxygen atoms in total. The second-order valence-corrected chi connectivity index (χ2v) is 4.04. The van der Waals surface area contributed by atoms with Crippen molar-refractivity contribution < 1.29 is 5.11 Å².